The molecule has 0 fully saturated rings. The molecule has 22 heavy (non-hydrogen) atoms. The van der Waals surface area contributed by atoms with Crippen LogP contribution in [0.1, 0.15) is 46.8 Å². The van der Waals surface area contributed by atoms with Gasteiger partial charge in [0.15, 0.2) is 5.78 Å². The smallest absolute Gasteiger partial charge is 0.185 e. The first-order valence-corrected chi connectivity index (χ1v) is 7.49. The Morgan fingerprint density at radius 2 is 1.82 bits per heavy atom. The quantitative estimate of drug-likeness (QED) is 0.571. The molecular formula is C20H22O2. The summed E-state index contributed by atoms with van der Waals surface area (Å²) in [5.74, 6) is 1.29. The van der Waals surface area contributed by atoms with Gasteiger partial charge >= 0.3 is 0 Å². The molecule has 2 rings (SSSR count). The van der Waals surface area contributed by atoms with Crippen LogP contribution < -0.4 is 4.74 Å². The van der Waals surface area contributed by atoms with Crippen LogP contribution in [0.25, 0.3) is 6.08 Å². The minimum absolute atomic E-state index is 0.0157. The van der Waals surface area contributed by atoms with Crippen molar-refractivity contribution in [2.24, 2.45) is 0 Å². The molecule has 0 saturated heterocycles. The molecule has 0 aromatic heterocycles. The number of hydrogen-bond donors (Lipinski definition) is 0. The molecule has 0 aliphatic heterocycles. The summed E-state index contributed by atoms with van der Waals surface area (Å²) in [6, 6.07) is 13.4. The van der Waals surface area contributed by atoms with Crippen molar-refractivity contribution in [2.45, 2.75) is 26.7 Å². The van der Waals surface area contributed by atoms with Crippen molar-refractivity contribution in [3.05, 3.63) is 70.8 Å². The average molecular weight is 294 g/mol. The van der Waals surface area contributed by atoms with Crippen LogP contribution in [0.2, 0.25) is 0 Å². The van der Waals surface area contributed by atoms with Crippen LogP contribution in [0.4, 0.5) is 0 Å². The summed E-state index contributed by atoms with van der Waals surface area (Å²) in [5, 5.41) is 0. The predicted octanol–water partition coefficient (Wildman–Crippen LogP) is 5.02. The molecule has 0 spiro atoms. The van der Waals surface area contributed by atoms with E-state index in [2.05, 4.69) is 19.9 Å². The normalized spacial score (nSPS) is 11.1. The lowest BCUT2D eigenvalue weighted by Gasteiger charge is -2.14. The second-order valence-electron chi connectivity index (χ2n) is 5.67. The highest BCUT2D eigenvalue weighted by Gasteiger charge is 2.10. The number of hydrogen-bond acceptors (Lipinski definition) is 2. The van der Waals surface area contributed by atoms with Crippen molar-refractivity contribution < 1.29 is 9.53 Å². The van der Waals surface area contributed by atoms with Crippen LogP contribution in [0.5, 0.6) is 5.75 Å². The van der Waals surface area contributed by atoms with Crippen molar-refractivity contribution in [1.82, 2.24) is 0 Å². The van der Waals surface area contributed by atoms with Crippen LogP contribution in [-0.2, 0) is 0 Å². The monoisotopic (exact) mass is 294 g/mol. The molecule has 0 saturated carbocycles. The summed E-state index contributed by atoms with van der Waals surface area (Å²) >= 11 is 0. The van der Waals surface area contributed by atoms with Gasteiger partial charge < -0.3 is 4.74 Å². The SMILES string of the molecule is COc1cc(C)c(/C=C/C(=O)c2ccccc2)cc1C(C)C. The average Bonchev–Trinajstić information content (AvgIpc) is 2.53. The second kappa shape index (κ2) is 7.08. The maximum absolute atomic E-state index is 12.2. The van der Waals surface area contributed by atoms with Crippen LogP contribution in [-0.4, -0.2) is 12.9 Å². The highest BCUT2D eigenvalue weighted by atomic mass is 16.5. The van der Waals surface area contributed by atoms with Gasteiger partial charge in [-0.2, -0.15) is 0 Å². The molecule has 0 aliphatic rings. The fourth-order valence-electron chi connectivity index (χ4n) is 2.39. The zero-order valence-corrected chi connectivity index (χ0v) is 13.6. The number of aryl methyl sites for hydroxylation is 1. The van der Waals surface area contributed by atoms with E-state index in [1.54, 1.807) is 13.2 Å². The van der Waals surface area contributed by atoms with Gasteiger partial charge in [0, 0.05) is 5.56 Å². The first kappa shape index (κ1) is 16.0. The standard InChI is InChI=1S/C20H22O2/c1-14(2)18-13-17(15(3)12-20(18)22-4)10-11-19(21)16-8-6-5-7-9-16/h5-14H,1-4H3/b11-10+. The Kier molecular flexibility index (Phi) is 5.16. The zero-order chi connectivity index (χ0) is 16.1. The van der Waals surface area contributed by atoms with Crippen molar-refractivity contribution in [2.75, 3.05) is 7.11 Å². The third-order valence-electron chi connectivity index (χ3n) is 3.71. The first-order chi connectivity index (χ1) is 10.5. The minimum atomic E-state index is 0.0157. The number of methoxy groups -OCH3 is 1. The maximum Gasteiger partial charge on any atom is 0.185 e. The lowest BCUT2D eigenvalue weighted by Crippen LogP contribution is -1.97. The molecule has 0 aliphatic carbocycles. The molecule has 0 heterocycles. The highest BCUT2D eigenvalue weighted by Crippen LogP contribution is 2.30. The summed E-state index contributed by atoms with van der Waals surface area (Å²) < 4.78 is 5.45. The molecule has 114 valence electrons. The molecule has 2 heteroatoms. The number of allylic oxidation sites excluding steroid dienone is 1. The Morgan fingerprint density at radius 3 is 2.41 bits per heavy atom. The summed E-state index contributed by atoms with van der Waals surface area (Å²) in [5.41, 5.74) is 4.00. The largest absolute Gasteiger partial charge is 0.496 e. The fourth-order valence-corrected chi connectivity index (χ4v) is 2.39. The topological polar surface area (TPSA) is 26.3 Å². The lowest BCUT2D eigenvalue weighted by molar-refractivity contribution is 0.104. The van der Waals surface area contributed by atoms with Crippen LogP contribution >= 0.6 is 0 Å². The summed E-state index contributed by atoms with van der Waals surface area (Å²) in [6.45, 7) is 6.30. The summed E-state index contributed by atoms with van der Waals surface area (Å²) in [4.78, 5) is 12.2. The van der Waals surface area contributed by atoms with Crippen molar-refractivity contribution in [3.8, 4) is 5.75 Å². The van der Waals surface area contributed by atoms with Crippen LogP contribution in [0.15, 0.2) is 48.5 Å². The molecule has 2 aromatic carbocycles. The van der Waals surface area contributed by atoms with Crippen LogP contribution in [0, 0.1) is 6.92 Å². The Labute approximate surface area is 132 Å². The van der Waals surface area contributed by atoms with Gasteiger partial charge in [0.2, 0.25) is 0 Å². The minimum Gasteiger partial charge on any atom is -0.496 e. The third-order valence-corrected chi connectivity index (χ3v) is 3.71. The van der Waals surface area contributed by atoms with Gasteiger partial charge in [-0.3, -0.25) is 4.79 Å². The van der Waals surface area contributed by atoms with E-state index in [-0.39, 0.29) is 5.78 Å². The Morgan fingerprint density at radius 1 is 1.14 bits per heavy atom. The van der Waals surface area contributed by atoms with Crippen LogP contribution in [0.3, 0.4) is 0 Å². The molecule has 2 aromatic rings. The number of ether oxygens (including phenoxy) is 1. The number of carbonyl (C=O) groups excluding carboxylic acids is 1. The number of carbonyl (C=O) groups is 1. The number of benzene rings is 2. The van der Waals surface area contributed by atoms with Gasteiger partial charge in [0.25, 0.3) is 0 Å². The van der Waals surface area contributed by atoms with E-state index in [1.165, 1.54) is 0 Å². The molecule has 2 nitrogen and oxygen atoms in total. The van der Waals surface area contributed by atoms with Gasteiger partial charge in [0.1, 0.15) is 5.75 Å². The lowest BCUT2D eigenvalue weighted by atomic mass is 9.96. The van der Waals surface area contributed by atoms with Gasteiger partial charge in [-0.25, -0.2) is 0 Å². The second-order valence-corrected chi connectivity index (χ2v) is 5.67. The van der Waals surface area contributed by atoms with Gasteiger partial charge in [-0.05, 0) is 47.7 Å². The van der Waals surface area contributed by atoms with Crippen molar-refractivity contribution >= 4 is 11.9 Å². The van der Waals surface area contributed by atoms with Gasteiger partial charge in [0.05, 0.1) is 7.11 Å². The molecule has 0 atom stereocenters. The van der Waals surface area contributed by atoms with E-state index in [4.69, 9.17) is 4.74 Å². The molecule has 0 radical (unpaired) electrons. The van der Waals surface area contributed by atoms with Crippen molar-refractivity contribution in [1.29, 1.82) is 0 Å². The number of rotatable bonds is 5. The Hall–Kier alpha value is -2.35. The van der Waals surface area contributed by atoms with E-state index in [1.807, 2.05) is 49.4 Å². The third kappa shape index (κ3) is 3.64. The molecule has 0 unspecified atom stereocenters. The summed E-state index contributed by atoms with van der Waals surface area (Å²) in [6.07, 6.45) is 3.52. The van der Waals surface area contributed by atoms with Crippen molar-refractivity contribution in [3.63, 3.8) is 0 Å². The number of ketones is 1. The predicted molar refractivity (Wildman–Crippen MR) is 91.6 cm³/mol. The highest BCUT2D eigenvalue weighted by molar-refractivity contribution is 6.06. The first-order valence-electron chi connectivity index (χ1n) is 7.49. The van der Waals surface area contributed by atoms with Gasteiger partial charge in [-0.15, -0.1) is 0 Å². The maximum atomic E-state index is 12.2. The van der Waals surface area contributed by atoms with E-state index in [9.17, 15) is 4.79 Å². The molecule has 0 N–H and O–H groups in total. The van der Waals surface area contributed by atoms with E-state index >= 15 is 0 Å². The van der Waals surface area contributed by atoms with Gasteiger partial charge in [-0.1, -0.05) is 50.3 Å². The van der Waals surface area contributed by atoms with E-state index in [0.29, 0.717) is 11.5 Å². The summed E-state index contributed by atoms with van der Waals surface area (Å²) in [7, 11) is 1.69. The Balaban J connectivity index is 2.31. The van der Waals surface area contributed by atoms with E-state index in [0.717, 1.165) is 22.4 Å². The molecular weight excluding hydrogens is 272 g/mol. The Bertz CT molecular complexity index is 682. The molecule has 0 amide bonds. The zero-order valence-electron chi connectivity index (χ0n) is 13.6. The van der Waals surface area contributed by atoms with E-state index < -0.39 is 0 Å². The fraction of sp³-hybridized carbons (Fsp3) is 0.250. The molecule has 0 bridgehead atoms.